The van der Waals surface area contributed by atoms with E-state index in [9.17, 15) is 4.79 Å². The number of nitrogens with zero attached hydrogens (tertiary/aromatic N) is 2. The number of hydrogen-bond donors (Lipinski definition) is 1. The van der Waals surface area contributed by atoms with Crippen molar-refractivity contribution in [3.05, 3.63) is 48.2 Å². The molecule has 0 spiro atoms. The summed E-state index contributed by atoms with van der Waals surface area (Å²) in [5, 5.41) is 7.22. The molecular formula is C17H23N3OS. The molecule has 2 aromatic rings. The van der Waals surface area contributed by atoms with Gasteiger partial charge in [-0.1, -0.05) is 43.7 Å². The van der Waals surface area contributed by atoms with Crippen LogP contribution in [-0.2, 0) is 11.3 Å². The van der Waals surface area contributed by atoms with E-state index in [0.717, 1.165) is 30.0 Å². The maximum Gasteiger partial charge on any atom is 0.238 e. The van der Waals surface area contributed by atoms with E-state index in [-0.39, 0.29) is 11.2 Å². The molecule has 0 radical (unpaired) electrons. The highest BCUT2D eigenvalue weighted by atomic mass is 32.2. The summed E-state index contributed by atoms with van der Waals surface area (Å²) in [6.07, 6.45) is 4.02. The SMILES string of the molecule is CCCCSC(C)C(=O)Nc1ccnn1Cc1ccccc1. The summed E-state index contributed by atoms with van der Waals surface area (Å²) in [4.78, 5) is 12.2. The van der Waals surface area contributed by atoms with Crippen molar-refractivity contribution >= 4 is 23.5 Å². The maximum absolute atomic E-state index is 12.2. The third-order valence-electron chi connectivity index (χ3n) is 3.38. The Kier molecular flexibility index (Phi) is 6.52. The van der Waals surface area contributed by atoms with Crippen LogP contribution in [-0.4, -0.2) is 26.7 Å². The highest BCUT2D eigenvalue weighted by Crippen LogP contribution is 2.16. The van der Waals surface area contributed by atoms with Gasteiger partial charge >= 0.3 is 0 Å². The third kappa shape index (κ3) is 4.91. The van der Waals surface area contributed by atoms with Crippen LogP contribution in [0.15, 0.2) is 42.6 Å². The smallest absolute Gasteiger partial charge is 0.238 e. The van der Waals surface area contributed by atoms with Crippen LogP contribution < -0.4 is 5.32 Å². The van der Waals surface area contributed by atoms with Crippen LogP contribution in [0.25, 0.3) is 0 Å². The zero-order chi connectivity index (χ0) is 15.8. The topological polar surface area (TPSA) is 46.9 Å². The molecule has 22 heavy (non-hydrogen) atoms. The number of anilines is 1. The van der Waals surface area contributed by atoms with Gasteiger partial charge in [0.25, 0.3) is 0 Å². The van der Waals surface area contributed by atoms with Crippen molar-refractivity contribution in [3.8, 4) is 0 Å². The molecule has 1 N–H and O–H groups in total. The van der Waals surface area contributed by atoms with Gasteiger partial charge in [0, 0.05) is 6.07 Å². The molecule has 1 unspecified atom stereocenters. The fourth-order valence-electron chi connectivity index (χ4n) is 2.03. The van der Waals surface area contributed by atoms with Crippen LogP contribution >= 0.6 is 11.8 Å². The lowest BCUT2D eigenvalue weighted by Gasteiger charge is -2.13. The predicted molar refractivity (Wildman–Crippen MR) is 93.2 cm³/mol. The van der Waals surface area contributed by atoms with E-state index in [1.165, 1.54) is 0 Å². The van der Waals surface area contributed by atoms with Crippen molar-refractivity contribution < 1.29 is 4.79 Å². The van der Waals surface area contributed by atoms with E-state index < -0.39 is 0 Å². The second-order valence-electron chi connectivity index (χ2n) is 5.22. The molecule has 1 atom stereocenters. The molecule has 2 rings (SSSR count). The Morgan fingerprint density at radius 3 is 2.82 bits per heavy atom. The molecule has 0 aliphatic rings. The number of unbranched alkanes of at least 4 members (excludes halogenated alkanes) is 1. The van der Waals surface area contributed by atoms with E-state index in [0.29, 0.717) is 6.54 Å². The molecule has 1 heterocycles. The molecule has 0 aliphatic heterocycles. The van der Waals surface area contributed by atoms with Gasteiger partial charge in [0.1, 0.15) is 5.82 Å². The normalized spacial score (nSPS) is 12.1. The number of aromatic nitrogens is 2. The van der Waals surface area contributed by atoms with Crippen molar-refractivity contribution in [2.45, 2.75) is 38.5 Å². The summed E-state index contributed by atoms with van der Waals surface area (Å²) in [6.45, 7) is 4.77. The maximum atomic E-state index is 12.2. The van der Waals surface area contributed by atoms with Gasteiger partial charge < -0.3 is 5.32 Å². The lowest BCUT2D eigenvalue weighted by atomic mass is 10.2. The monoisotopic (exact) mass is 317 g/mol. The number of carbonyl (C=O) groups is 1. The van der Waals surface area contributed by atoms with Crippen molar-refractivity contribution in [1.29, 1.82) is 0 Å². The molecule has 1 aromatic carbocycles. The summed E-state index contributed by atoms with van der Waals surface area (Å²) < 4.78 is 1.82. The van der Waals surface area contributed by atoms with Gasteiger partial charge in [-0.25, -0.2) is 4.68 Å². The summed E-state index contributed by atoms with van der Waals surface area (Å²) in [5.74, 6) is 1.81. The fraction of sp³-hybridized carbons (Fsp3) is 0.412. The first-order valence-corrected chi connectivity index (χ1v) is 8.73. The second-order valence-corrected chi connectivity index (χ2v) is 6.66. The van der Waals surface area contributed by atoms with Crippen molar-refractivity contribution in [2.75, 3.05) is 11.1 Å². The Hall–Kier alpha value is -1.75. The highest BCUT2D eigenvalue weighted by Gasteiger charge is 2.15. The minimum atomic E-state index is -0.0494. The molecule has 4 nitrogen and oxygen atoms in total. The van der Waals surface area contributed by atoms with E-state index in [4.69, 9.17) is 0 Å². The standard InChI is InChI=1S/C17H23N3OS/c1-3-4-12-22-14(2)17(21)19-16-10-11-18-20(16)13-15-8-6-5-7-9-15/h5-11,14H,3-4,12-13H2,1-2H3,(H,19,21). The molecule has 0 saturated carbocycles. The van der Waals surface area contributed by atoms with Gasteiger partial charge in [0.2, 0.25) is 5.91 Å². The average Bonchev–Trinajstić information content (AvgIpc) is 2.95. The fourth-order valence-corrected chi connectivity index (χ4v) is 3.05. The van der Waals surface area contributed by atoms with Crippen molar-refractivity contribution in [2.24, 2.45) is 0 Å². The van der Waals surface area contributed by atoms with Gasteiger partial charge in [-0.05, 0) is 24.7 Å². The van der Waals surface area contributed by atoms with E-state index in [1.54, 1.807) is 18.0 Å². The Bertz CT molecular complexity index is 583. The summed E-state index contributed by atoms with van der Waals surface area (Å²) in [7, 11) is 0. The van der Waals surface area contributed by atoms with Crippen LogP contribution in [0.2, 0.25) is 0 Å². The largest absolute Gasteiger partial charge is 0.310 e. The first-order chi connectivity index (χ1) is 10.7. The van der Waals surface area contributed by atoms with Crippen LogP contribution in [0.3, 0.4) is 0 Å². The average molecular weight is 317 g/mol. The second kappa shape index (κ2) is 8.63. The highest BCUT2D eigenvalue weighted by molar-refractivity contribution is 8.00. The number of thioether (sulfide) groups is 1. The number of nitrogens with one attached hydrogen (secondary N) is 1. The molecule has 0 saturated heterocycles. The molecule has 5 heteroatoms. The van der Waals surface area contributed by atoms with Crippen LogP contribution in [0.1, 0.15) is 32.3 Å². The van der Waals surface area contributed by atoms with Gasteiger partial charge in [-0.15, -0.1) is 11.8 Å². The number of benzene rings is 1. The molecule has 0 aliphatic carbocycles. The Balaban J connectivity index is 1.93. The van der Waals surface area contributed by atoms with E-state index >= 15 is 0 Å². The molecular weight excluding hydrogens is 294 g/mol. The number of rotatable bonds is 8. The summed E-state index contributed by atoms with van der Waals surface area (Å²) >= 11 is 1.70. The molecule has 1 amide bonds. The molecule has 0 bridgehead atoms. The van der Waals surface area contributed by atoms with Gasteiger partial charge in [0.15, 0.2) is 0 Å². The Morgan fingerprint density at radius 2 is 2.09 bits per heavy atom. The first kappa shape index (κ1) is 16.6. The first-order valence-electron chi connectivity index (χ1n) is 7.69. The zero-order valence-electron chi connectivity index (χ0n) is 13.2. The minimum absolute atomic E-state index is 0.0379. The van der Waals surface area contributed by atoms with Gasteiger partial charge in [-0.2, -0.15) is 5.10 Å². The summed E-state index contributed by atoms with van der Waals surface area (Å²) in [6, 6.07) is 11.9. The predicted octanol–water partition coefficient (Wildman–Crippen LogP) is 3.79. The molecule has 1 aromatic heterocycles. The van der Waals surface area contributed by atoms with Crippen molar-refractivity contribution in [1.82, 2.24) is 9.78 Å². The van der Waals surface area contributed by atoms with E-state index in [1.807, 2.05) is 35.9 Å². The van der Waals surface area contributed by atoms with E-state index in [2.05, 4.69) is 29.5 Å². The van der Waals surface area contributed by atoms with Crippen LogP contribution in [0, 0.1) is 0 Å². The minimum Gasteiger partial charge on any atom is -0.310 e. The number of carbonyl (C=O) groups excluding carboxylic acids is 1. The lowest BCUT2D eigenvalue weighted by Crippen LogP contribution is -2.24. The van der Waals surface area contributed by atoms with Crippen molar-refractivity contribution in [3.63, 3.8) is 0 Å². The number of amides is 1. The zero-order valence-corrected chi connectivity index (χ0v) is 14.0. The number of hydrogen-bond acceptors (Lipinski definition) is 3. The van der Waals surface area contributed by atoms with Crippen LogP contribution in [0.4, 0.5) is 5.82 Å². The van der Waals surface area contributed by atoms with Crippen LogP contribution in [0.5, 0.6) is 0 Å². The summed E-state index contributed by atoms with van der Waals surface area (Å²) in [5.41, 5.74) is 1.16. The van der Waals surface area contributed by atoms with Gasteiger partial charge in [0.05, 0.1) is 18.0 Å². The van der Waals surface area contributed by atoms with Gasteiger partial charge in [-0.3, -0.25) is 4.79 Å². The Labute approximate surface area is 136 Å². The quantitative estimate of drug-likeness (QED) is 0.754. The Morgan fingerprint density at radius 1 is 1.32 bits per heavy atom. The molecule has 0 fully saturated rings. The molecule has 118 valence electrons. The lowest BCUT2D eigenvalue weighted by molar-refractivity contribution is -0.115. The third-order valence-corrected chi connectivity index (χ3v) is 4.62.